The Bertz CT molecular complexity index is 1010. The second-order valence-electron chi connectivity index (χ2n) is 7.52. The Kier molecular flexibility index (Phi) is 5.61. The fourth-order valence-electron chi connectivity index (χ4n) is 3.95. The van der Waals surface area contributed by atoms with Crippen LogP contribution in [0.1, 0.15) is 45.8 Å². The molecule has 2 heterocycles. The Morgan fingerprint density at radius 2 is 1.93 bits per heavy atom. The van der Waals surface area contributed by atoms with Gasteiger partial charge in [-0.15, -0.1) is 0 Å². The summed E-state index contributed by atoms with van der Waals surface area (Å²) in [4.78, 5) is 16.2. The number of hydrogen-bond donors (Lipinski definition) is 0. The van der Waals surface area contributed by atoms with Crippen molar-refractivity contribution in [3.63, 3.8) is 0 Å². The fraction of sp³-hybridized carbons (Fsp3) is 0.280. The molecular formula is C25H25NO3. The maximum absolute atomic E-state index is 12.0. The number of aryl methyl sites for hydroxylation is 2. The standard InChI is InChI=1S/C25H25NO3/c1-17-3-5-18(6-4-17)20-9-10-22-19(12-14-29-24(22)15-20)7-8-21-16-26-13-11-23(21)25(27)28-2/h3-6,9-11,13,15-16,19H,7-8,12,14H2,1-2H3/t19-/m0/s1. The van der Waals surface area contributed by atoms with Gasteiger partial charge in [-0.05, 0) is 66.5 Å². The molecule has 2 aromatic carbocycles. The topological polar surface area (TPSA) is 48.4 Å². The monoisotopic (exact) mass is 387 g/mol. The van der Waals surface area contributed by atoms with Crippen molar-refractivity contribution < 1.29 is 14.3 Å². The number of hydrogen-bond acceptors (Lipinski definition) is 4. The third-order valence-electron chi connectivity index (χ3n) is 5.63. The predicted octanol–water partition coefficient (Wildman–Crippen LogP) is 5.34. The van der Waals surface area contributed by atoms with Gasteiger partial charge in [-0.1, -0.05) is 42.0 Å². The van der Waals surface area contributed by atoms with Crippen LogP contribution in [0.2, 0.25) is 0 Å². The smallest absolute Gasteiger partial charge is 0.338 e. The van der Waals surface area contributed by atoms with Gasteiger partial charge in [0, 0.05) is 12.4 Å². The van der Waals surface area contributed by atoms with Gasteiger partial charge < -0.3 is 9.47 Å². The summed E-state index contributed by atoms with van der Waals surface area (Å²) in [6.07, 6.45) is 6.10. The highest BCUT2D eigenvalue weighted by Gasteiger charge is 2.23. The van der Waals surface area contributed by atoms with Gasteiger partial charge >= 0.3 is 5.97 Å². The van der Waals surface area contributed by atoms with Crippen LogP contribution in [0.15, 0.2) is 60.9 Å². The molecule has 0 unspecified atom stereocenters. The maximum atomic E-state index is 12.0. The van der Waals surface area contributed by atoms with Crippen molar-refractivity contribution in [1.29, 1.82) is 0 Å². The lowest BCUT2D eigenvalue weighted by atomic mass is 9.86. The van der Waals surface area contributed by atoms with E-state index in [0.29, 0.717) is 18.1 Å². The largest absolute Gasteiger partial charge is 0.493 e. The van der Waals surface area contributed by atoms with E-state index in [2.05, 4.69) is 54.4 Å². The number of aromatic nitrogens is 1. The Labute approximate surface area is 171 Å². The van der Waals surface area contributed by atoms with Crippen molar-refractivity contribution in [3.8, 4) is 16.9 Å². The van der Waals surface area contributed by atoms with Crippen LogP contribution in [0.25, 0.3) is 11.1 Å². The van der Waals surface area contributed by atoms with Gasteiger partial charge in [0.2, 0.25) is 0 Å². The number of methoxy groups -OCH3 is 1. The van der Waals surface area contributed by atoms with E-state index in [-0.39, 0.29) is 5.97 Å². The molecule has 0 radical (unpaired) electrons. The van der Waals surface area contributed by atoms with E-state index in [1.165, 1.54) is 29.4 Å². The Hall–Kier alpha value is -3.14. The fourth-order valence-corrected chi connectivity index (χ4v) is 3.95. The first-order chi connectivity index (χ1) is 14.2. The summed E-state index contributed by atoms with van der Waals surface area (Å²) in [5, 5.41) is 0. The van der Waals surface area contributed by atoms with Gasteiger partial charge in [-0.2, -0.15) is 0 Å². The van der Waals surface area contributed by atoms with E-state index in [4.69, 9.17) is 9.47 Å². The van der Waals surface area contributed by atoms with Crippen LogP contribution in [-0.2, 0) is 11.2 Å². The quantitative estimate of drug-likeness (QED) is 0.554. The number of esters is 1. The molecule has 1 atom stereocenters. The summed E-state index contributed by atoms with van der Waals surface area (Å²) in [6.45, 7) is 2.81. The molecular weight excluding hydrogens is 362 g/mol. The molecule has 0 spiro atoms. The van der Waals surface area contributed by atoms with E-state index in [1.54, 1.807) is 18.5 Å². The SMILES string of the molecule is COC(=O)c1ccncc1CC[C@H]1CCOc2cc(-c3ccc(C)cc3)ccc21. The average molecular weight is 387 g/mol. The third kappa shape index (κ3) is 4.16. The zero-order valence-corrected chi connectivity index (χ0v) is 16.9. The Morgan fingerprint density at radius 1 is 1.14 bits per heavy atom. The number of ether oxygens (including phenoxy) is 2. The molecule has 3 aromatic rings. The molecule has 0 fully saturated rings. The normalized spacial score (nSPS) is 15.3. The minimum absolute atomic E-state index is 0.308. The van der Waals surface area contributed by atoms with Crippen LogP contribution in [-0.4, -0.2) is 24.7 Å². The number of pyridine rings is 1. The highest BCUT2D eigenvalue weighted by molar-refractivity contribution is 5.90. The molecule has 1 aliphatic rings. The zero-order chi connectivity index (χ0) is 20.2. The third-order valence-corrected chi connectivity index (χ3v) is 5.63. The number of nitrogens with zero attached hydrogens (tertiary/aromatic N) is 1. The van der Waals surface area contributed by atoms with Crippen LogP contribution in [0.3, 0.4) is 0 Å². The van der Waals surface area contributed by atoms with Crippen LogP contribution >= 0.6 is 0 Å². The van der Waals surface area contributed by atoms with Gasteiger partial charge in [0.25, 0.3) is 0 Å². The molecule has 0 saturated carbocycles. The summed E-state index contributed by atoms with van der Waals surface area (Å²) in [6, 6.07) is 16.8. The zero-order valence-electron chi connectivity index (χ0n) is 16.9. The lowest BCUT2D eigenvalue weighted by Crippen LogP contribution is -2.15. The molecule has 4 heteroatoms. The number of benzene rings is 2. The Balaban J connectivity index is 1.53. The van der Waals surface area contributed by atoms with Crippen LogP contribution in [0, 0.1) is 6.92 Å². The number of fused-ring (bicyclic) bond motifs is 1. The molecule has 0 saturated heterocycles. The molecule has 1 aliphatic heterocycles. The summed E-state index contributed by atoms with van der Waals surface area (Å²) >= 11 is 0. The second kappa shape index (κ2) is 8.48. The first-order valence-electron chi connectivity index (χ1n) is 10.0. The van der Waals surface area contributed by atoms with Crippen molar-refractivity contribution >= 4 is 5.97 Å². The van der Waals surface area contributed by atoms with Crippen LogP contribution < -0.4 is 4.74 Å². The first kappa shape index (κ1) is 19.2. The van der Waals surface area contributed by atoms with Crippen LogP contribution in [0.5, 0.6) is 5.75 Å². The minimum Gasteiger partial charge on any atom is -0.493 e. The van der Waals surface area contributed by atoms with Crippen molar-refractivity contribution in [3.05, 3.63) is 83.2 Å². The van der Waals surface area contributed by atoms with Crippen molar-refractivity contribution in [1.82, 2.24) is 4.98 Å². The van der Waals surface area contributed by atoms with E-state index < -0.39 is 0 Å². The Morgan fingerprint density at radius 3 is 2.72 bits per heavy atom. The number of carbonyl (C=O) groups excluding carboxylic acids is 1. The van der Waals surface area contributed by atoms with Gasteiger partial charge in [-0.25, -0.2) is 4.79 Å². The summed E-state index contributed by atoms with van der Waals surface area (Å²) in [7, 11) is 1.41. The summed E-state index contributed by atoms with van der Waals surface area (Å²) < 4.78 is 10.9. The number of carbonyl (C=O) groups is 1. The van der Waals surface area contributed by atoms with Crippen molar-refractivity contribution in [2.45, 2.75) is 32.1 Å². The second-order valence-corrected chi connectivity index (χ2v) is 7.52. The van der Waals surface area contributed by atoms with Gasteiger partial charge in [0.15, 0.2) is 0 Å². The molecule has 148 valence electrons. The minimum atomic E-state index is -0.308. The molecule has 4 rings (SSSR count). The maximum Gasteiger partial charge on any atom is 0.338 e. The highest BCUT2D eigenvalue weighted by atomic mass is 16.5. The van der Waals surface area contributed by atoms with E-state index >= 15 is 0 Å². The number of rotatable bonds is 5. The summed E-state index contributed by atoms with van der Waals surface area (Å²) in [5.41, 5.74) is 6.40. The van der Waals surface area contributed by atoms with Gasteiger partial charge in [0.1, 0.15) is 5.75 Å². The van der Waals surface area contributed by atoms with Crippen molar-refractivity contribution in [2.75, 3.05) is 13.7 Å². The molecule has 29 heavy (non-hydrogen) atoms. The lowest BCUT2D eigenvalue weighted by Gasteiger charge is -2.26. The van der Waals surface area contributed by atoms with E-state index in [9.17, 15) is 4.79 Å². The molecule has 0 amide bonds. The molecule has 0 N–H and O–H groups in total. The molecule has 1 aromatic heterocycles. The summed E-state index contributed by atoms with van der Waals surface area (Å²) in [5.74, 6) is 1.06. The average Bonchev–Trinajstić information content (AvgIpc) is 2.77. The highest BCUT2D eigenvalue weighted by Crippen LogP contribution is 2.39. The predicted molar refractivity (Wildman–Crippen MR) is 113 cm³/mol. The van der Waals surface area contributed by atoms with Gasteiger partial charge in [-0.3, -0.25) is 4.98 Å². The van der Waals surface area contributed by atoms with Crippen LogP contribution in [0.4, 0.5) is 0 Å². The van der Waals surface area contributed by atoms with E-state index in [1.807, 2.05) is 0 Å². The van der Waals surface area contributed by atoms with Crippen molar-refractivity contribution in [2.24, 2.45) is 0 Å². The van der Waals surface area contributed by atoms with E-state index in [0.717, 1.165) is 30.6 Å². The van der Waals surface area contributed by atoms with Gasteiger partial charge in [0.05, 0.1) is 19.3 Å². The molecule has 4 nitrogen and oxygen atoms in total. The lowest BCUT2D eigenvalue weighted by molar-refractivity contribution is 0.0599. The molecule has 0 aliphatic carbocycles. The first-order valence-corrected chi connectivity index (χ1v) is 10.0. The molecule has 0 bridgehead atoms.